The normalized spacial score (nSPS) is 8.00. The standard InChI is InChI=1S/C6H15N5S2.3BrH/c7-5(8)12-3-1-11-2-4-13-6(9)10;;;/h11H,1-4H2,(H3,7,8)(H3,9,10);3*1H. The summed E-state index contributed by atoms with van der Waals surface area (Å²) in [6.45, 7) is 1.64. The quantitative estimate of drug-likeness (QED) is 0.233. The van der Waals surface area contributed by atoms with Gasteiger partial charge in [-0.3, -0.25) is 10.8 Å². The van der Waals surface area contributed by atoms with Crippen molar-refractivity contribution in [2.75, 3.05) is 24.6 Å². The van der Waals surface area contributed by atoms with E-state index in [9.17, 15) is 0 Å². The van der Waals surface area contributed by atoms with E-state index in [0.29, 0.717) is 0 Å². The summed E-state index contributed by atoms with van der Waals surface area (Å²) in [7, 11) is 0. The summed E-state index contributed by atoms with van der Waals surface area (Å²) < 4.78 is 0. The van der Waals surface area contributed by atoms with Gasteiger partial charge in [0.15, 0.2) is 10.3 Å². The topological polar surface area (TPSA) is 112 Å². The van der Waals surface area contributed by atoms with Crippen LogP contribution in [0.1, 0.15) is 0 Å². The molecule has 10 heteroatoms. The lowest BCUT2D eigenvalue weighted by molar-refractivity contribution is 0.775. The van der Waals surface area contributed by atoms with Gasteiger partial charge in [-0.15, -0.1) is 50.9 Å². The van der Waals surface area contributed by atoms with Crippen LogP contribution in [-0.2, 0) is 0 Å². The van der Waals surface area contributed by atoms with Crippen molar-refractivity contribution in [2.45, 2.75) is 0 Å². The number of halogens is 3. The summed E-state index contributed by atoms with van der Waals surface area (Å²) in [6.07, 6.45) is 0. The average Bonchev–Trinajstić information content (AvgIpc) is 2.01. The maximum Gasteiger partial charge on any atom is 0.151 e. The van der Waals surface area contributed by atoms with Gasteiger partial charge >= 0.3 is 0 Å². The minimum Gasteiger partial charge on any atom is -0.379 e. The molecule has 0 radical (unpaired) electrons. The zero-order chi connectivity index (χ0) is 10.1. The van der Waals surface area contributed by atoms with Crippen LogP contribution in [0.2, 0.25) is 0 Å². The molecule has 0 rings (SSSR count). The second-order valence-corrected chi connectivity index (χ2v) is 4.45. The molecule has 0 aromatic carbocycles. The SMILES string of the molecule is Br.Br.Br.N=C(N)SCCNCCSC(=N)N. The van der Waals surface area contributed by atoms with Crippen LogP contribution in [0.5, 0.6) is 0 Å². The summed E-state index contributed by atoms with van der Waals surface area (Å²) in [5.41, 5.74) is 10.3. The van der Waals surface area contributed by atoms with Gasteiger partial charge in [-0.05, 0) is 0 Å². The number of thioether (sulfide) groups is 2. The van der Waals surface area contributed by atoms with Gasteiger partial charge in [0.1, 0.15) is 0 Å². The average molecular weight is 464 g/mol. The van der Waals surface area contributed by atoms with Gasteiger partial charge in [-0.25, -0.2) is 0 Å². The minimum atomic E-state index is 0. The van der Waals surface area contributed by atoms with Crippen LogP contribution in [-0.4, -0.2) is 34.9 Å². The van der Waals surface area contributed by atoms with E-state index in [1.807, 2.05) is 0 Å². The summed E-state index contributed by atoms with van der Waals surface area (Å²) in [5, 5.41) is 17.3. The number of hydrogen-bond donors (Lipinski definition) is 5. The van der Waals surface area contributed by atoms with Crippen molar-refractivity contribution in [3.05, 3.63) is 0 Å². The number of nitrogens with one attached hydrogen (secondary N) is 3. The molecular formula is C6H18Br3N5S2. The summed E-state index contributed by atoms with van der Waals surface area (Å²) in [4.78, 5) is 0. The van der Waals surface area contributed by atoms with Crippen molar-refractivity contribution < 1.29 is 0 Å². The third-order valence-corrected chi connectivity index (χ3v) is 2.51. The fraction of sp³-hybridized carbons (Fsp3) is 0.667. The first kappa shape index (κ1) is 25.8. The maximum absolute atomic E-state index is 6.93. The molecule has 0 aliphatic rings. The Bertz CT molecular complexity index is 166. The second-order valence-electron chi connectivity index (χ2n) is 2.18. The van der Waals surface area contributed by atoms with E-state index in [2.05, 4.69) is 5.32 Å². The molecule has 16 heavy (non-hydrogen) atoms. The monoisotopic (exact) mass is 461 g/mol. The molecule has 5 nitrogen and oxygen atoms in total. The van der Waals surface area contributed by atoms with E-state index in [4.69, 9.17) is 22.3 Å². The fourth-order valence-electron chi connectivity index (χ4n) is 0.591. The molecule has 0 saturated heterocycles. The first-order valence-corrected chi connectivity index (χ1v) is 5.74. The van der Waals surface area contributed by atoms with Crippen molar-refractivity contribution in [1.29, 1.82) is 10.8 Å². The first-order chi connectivity index (χ1) is 6.13. The Balaban J connectivity index is -0.000000240. The molecule has 0 saturated carbocycles. The molecule has 0 spiro atoms. The molecule has 0 unspecified atom stereocenters. The van der Waals surface area contributed by atoms with E-state index in [0.717, 1.165) is 24.6 Å². The molecule has 0 fully saturated rings. The molecular weight excluding hydrogens is 446 g/mol. The summed E-state index contributed by atoms with van der Waals surface area (Å²) >= 11 is 2.64. The molecule has 0 bridgehead atoms. The molecule has 0 aliphatic heterocycles. The molecule has 0 aromatic heterocycles. The number of hydrogen-bond acceptors (Lipinski definition) is 5. The van der Waals surface area contributed by atoms with E-state index in [-0.39, 0.29) is 61.3 Å². The van der Waals surface area contributed by atoms with Crippen LogP contribution in [0.4, 0.5) is 0 Å². The smallest absolute Gasteiger partial charge is 0.151 e. The van der Waals surface area contributed by atoms with Gasteiger partial charge in [-0.2, -0.15) is 0 Å². The van der Waals surface area contributed by atoms with Crippen molar-refractivity contribution in [3.63, 3.8) is 0 Å². The molecule has 100 valence electrons. The van der Waals surface area contributed by atoms with Gasteiger partial charge in [0.25, 0.3) is 0 Å². The van der Waals surface area contributed by atoms with Crippen LogP contribution in [0.3, 0.4) is 0 Å². The predicted octanol–water partition coefficient (Wildman–Crippen LogP) is 1.56. The van der Waals surface area contributed by atoms with Crippen molar-refractivity contribution in [2.24, 2.45) is 11.5 Å². The molecule has 0 heterocycles. The van der Waals surface area contributed by atoms with E-state index in [1.54, 1.807) is 0 Å². The van der Waals surface area contributed by atoms with Crippen molar-refractivity contribution in [1.82, 2.24) is 5.32 Å². The highest BCUT2D eigenvalue weighted by atomic mass is 79.9. The minimum absolute atomic E-state index is 0. The Morgan fingerprint density at radius 3 is 1.44 bits per heavy atom. The van der Waals surface area contributed by atoms with Gasteiger partial charge < -0.3 is 16.8 Å². The van der Waals surface area contributed by atoms with E-state index in [1.165, 1.54) is 23.5 Å². The van der Waals surface area contributed by atoms with Crippen molar-refractivity contribution in [3.8, 4) is 0 Å². The Kier molecular flexibility index (Phi) is 29.7. The molecule has 0 aromatic rings. The van der Waals surface area contributed by atoms with Crippen LogP contribution in [0.15, 0.2) is 0 Å². The third-order valence-electron chi connectivity index (χ3n) is 1.07. The first-order valence-electron chi connectivity index (χ1n) is 3.77. The largest absolute Gasteiger partial charge is 0.379 e. The van der Waals surface area contributed by atoms with Gasteiger partial charge in [-0.1, -0.05) is 23.5 Å². The lowest BCUT2D eigenvalue weighted by Crippen LogP contribution is -2.22. The summed E-state index contributed by atoms with van der Waals surface area (Å²) in [6, 6.07) is 0. The number of amidine groups is 2. The zero-order valence-electron chi connectivity index (χ0n) is 8.52. The molecule has 0 aliphatic carbocycles. The van der Waals surface area contributed by atoms with Crippen molar-refractivity contribution >= 4 is 84.8 Å². The predicted molar refractivity (Wildman–Crippen MR) is 92.6 cm³/mol. The molecule has 0 amide bonds. The molecule has 7 N–H and O–H groups in total. The maximum atomic E-state index is 6.93. The van der Waals surface area contributed by atoms with Gasteiger partial charge in [0.2, 0.25) is 0 Å². The fourth-order valence-corrected chi connectivity index (χ4v) is 1.52. The lowest BCUT2D eigenvalue weighted by atomic mass is 10.7. The third kappa shape index (κ3) is 24.3. The molecule has 0 atom stereocenters. The highest BCUT2D eigenvalue weighted by Crippen LogP contribution is 1.96. The number of rotatable bonds is 6. The second kappa shape index (κ2) is 18.4. The zero-order valence-corrected chi connectivity index (χ0v) is 15.3. The van der Waals surface area contributed by atoms with E-state index >= 15 is 0 Å². The van der Waals surface area contributed by atoms with Gasteiger partial charge in [0.05, 0.1) is 0 Å². The van der Waals surface area contributed by atoms with Crippen LogP contribution >= 0.6 is 74.5 Å². The Labute approximate surface area is 136 Å². The van der Waals surface area contributed by atoms with Crippen LogP contribution in [0.25, 0.3) is 0 Å². The summed E-state index contributed by atoms with van der Waals surface area (Å²) in [5.74, 6) is 1.61. The van der Waals surface area contributed by atoms with Crippen LogP contribution < -0.4 is 16.8 Å². The Hall–Kier alpha value is 1.04. The number of nitrogens with two attached hydrogens (primary N) is 2. The van der Waals surface area contributed by atoms with Crippen LogP contribution in [0, 0.1) is 10.8 Å². The Morgan fingerprint density at radius 2 is 1.19 bits per heavy atom. The van der Waals surface area contributed by atoms with Gasteiger partial charge in [0, 0.05) is 24.6 Å². The lowest BCUT2D eigenvalue weighted by Gasteiger charge is -2.02. The Morgan fingerprint density at radius 1 is 0.875 bits per heavy atom. The van der Waals surface area contributed by atoms with E-state index < -0.39 is 0 Å². The highest BCUT2D eigenvalue weighted by Gasteiger charge is 1.92. The highest BCUT2D eigenvalue weighted by molar-refractivity contribution is 8.93.